The van der Waals surface area contributed by atoms with Crippen LogP contribution in [-0.4, -0.2) is 58.2 Å². The van der Waals surface area contributed by atoms with Gasteiger partial charge in [-0.25, -0.2) is 0 Å². The molecule has 1 heterocycles. The monoisotopic (exact) mass is 318 g/mol. The fourth-order valence-electron chi connectivity index (χ4n) is 2.48. The lowest BCUT2D eigenvalue weighted by Crippen LogP contribution is -2.43. The van der Waals surface area contributed by atoms with Crippen LogP contribution in [0.15, 0.2) is 24.3 Å². The molecule has 122 valence electrons. The number of nitrogens with zero attached hydrogens (tertiary/aromatic N) is 2. The number of aliphatic carboxylic acids is 1. The van der Waals surface area contributed by atoms with E-state index < -0.39 is 23.7 Å². The van der Waals surface area contributed by atoms with Gasteiger partial charge in [-0.05, 0) is 18.6 Å². The smallest absolute Gasteiger partial charge is 0.305 e. The van der Waals surface area contributed by atoms with Crippen LogP contribution in [0, 0.1) is 0 Å². The maximum absolute atomic E-state index is 12.3. The Kier molecular flexibility index (Phi) is 5.10. The van der Waals surface area contributed by atoms with Crippen molar-refractivity contribution < 1.29 is 24.3 Å². The highest BCUT2D eigenvalue weighted by atomic mass is 16.4. The van der Waals surface area contributed by atoms with E-state index in [4.69, 9.17) is 5.11 Å². The highest BCUT2D eigenvalue weighted by molar-refractivity contribution is 6.22. The summed E-state index contributed by atoms with van der Waals surface area (Å²) in [6.45, 7) is 1.94. The van der Waals surface area contributed by atoms with E-state index in [0.29, 0.717) is 13.0 Å². The lowest BCUT2D eigenvalue weighted by molar-refractivity contribution is -0.138. The molecular formula is C16H18N2O5. The maximum Gasteiger partial charge on any atom is 0.305 e. The molecule has 7 nitrogen and oxygen atoms in total. The molecule has 7 heteroatoms. The quantitative estimate of drug-likeness (QED) is 0.757. The van der Waals surface area contributed by atoms with Gasteiger partial charge in [-0.15, -0.1) is 0 Å². The normalized spacial score (nSPS) is 13.2. The number of carbonyl (C=O) groups excluding carboxylic acids is 3. The van der Waals surface area contributed by atoms with Gasteiger partial charge in [0.2, 0.25) is 5.91 Å². The minimum Gasteiger partial charge on any atom is -0.481 e. The molecule has 1 aromatic carbocycles. The fourth-order valence-corrected chi connectivity index (χ4v) is 2.48. The second-order valence-corrected chi connectivity index (χ2v) is 5.27. The lowest BCUT2D eigenvalue weighted by Gasteiger charge is -2.23. The highest BCUT2D eigenvalue weighted by Gasteiger charge is 2.36. The highest BCUT2D eigenvalue weighted by Crippen LogP contribution is 2.22. The molecule has 0 bridgehead atoms. The Balaban J connectivity index is 2.08. The SMILES string of the molecule is CCCN(CCC(=O)O)C(=O)CN1C(=O)c2ccccc2C1=O. The Labute approximate surface area is 133 Å². The topological polar surface area (TPSA) is 95.0 Å². The summed E-state index contributed by atoms with van der Waals surface area (Å²) in [6.07, 6.45) is 0.487. The zero-order valence-electron chi connectivity index (χ0n) is 12.8. The van der Waals surface area contributed by atoms with E-state index in [1.54, 1.807) is 24.3 Å². The Morgan fingerprint density at radius 2 is 1.65 bits per heavy atom. The van der Waals surface area contributed by atoms with Crippen molar-refractivity contribution in [3.05, 3.63) is 35.4 Å². The average molecular weight is 318 g/mol. The first kappa shape index (κ1) is 16.7. The van der Waals surface area contributed by atoms with Crippen molar-refractivity contribution in [2.24, 2.45) is 0 Å². The van der Waals surface area contributed by atoms with Crippen LogP contribution in [0.4, 0.5) is 0 Å². The molecule has 1 aliphatic rings. The summed E-state index contributed by atoms with van der Waals surface area (Å²) < 4.78 is 0. The van der Waals surface area contributed by atoms with E-state index in [9.17, 15) is 19.2 Å². The predicted octanol–water partition coefficient (Wildman–Crippen LogP) is 0.996. The van der Waals surface area contributed by atoms with Crippen molar-refractivity contribution in [2.45, 2.75) is 19.8 Å². The molecular weight excluding hydrogens is 300 g/mol. The van der Waals surface area contributed by atoms with Gasteiger partial charge in [0.15, 0.2) is 0 Å². The molecule has 0 aromatic heterocycles. The van der Waals surface area contributed by atoms with Crippen LogP contribution in [0.2, 0.25) is 0 Å². The van der Waals surface area contributed by atoms with Gasteiger partial charge in [-0.3, -0.25) is 24.1 Å². The van der Waals surface area contributed by atoms with Gasteiger partial charge in [0.05, 0.1) is 17.5 Å². The molecule has 3 amide bonds. The van der Waals surface area contributed by atoms with Crippen molar-refractivity contribution in [1.82, 2.24) is 9.80 Å². The minimum absolute atomic E-state index is 0.0607. The predicted molar refractivity (Wildman–Crippen MR) is 80.9 cm³/mol. The molecule has 0 radical (unpaired) electrons. The summed E-state index contributed by atoms with van der Waals surface area (Å²) in [5.41, 5.74) is 0.579. The molecule has 0 saturated heterocycles. The molecule has 0 saturated carbocycles. The van der Waals surface area contributed by atoms with Crippen molar-refractivity contribution >= 4 is 23.7 Å². The molecule has 0 atom stereocenters. The number of amides is 3. The number of carboxylic acids is 1. The molecule has 0 unspecified atom stereocenters. The first-order valence-corrected chi connectivity index (χ1v) is 7.40. The van der Waals surface area contributed by atoms with Gasteiger partial charge < -0.3 is 10.0 Å². The summed E-state index contributed by atoms with van der Waals surface area (Å²) in [5.74, 6) is -2.41. The Morgan fingerprint density at radius 1 is 1.09 bits per heavy atom. The van der Waals surface area contributed by atoms with Crippen LogP contribution in [0.3, 0.4) is 0 Å². The number of benzene rings is 1. The van der Waals surface area contributed by atoms with Crippen molar-refractivity contribution in [3.8, 4) is 0 Å². The van der Waals surface area contributed by atoms with E-state index in [2.05, 4.69) is 0 Å². The zero-order valence-corrected chi connectivity index (χ0v) is 12.8. The molecule has 2 rings (SSSR count). The van der Waals surface area contributed by atoms with Gasteiger partial charge in [-0.1, -0.05) is 19.1 Å². The van der Waals surface area contributed by atoms with Gasteiger partial charge in [0, 0.05) is 13.1 Å². The molecule has 0 fully saturated rings. The van der Waals surface area contributed by atoms with Gasteiger partial charge in [0.25, 0.3) is 11.8 Å². The minimum atomic E-state index is -1.00. The summed E-state index contributed by atoms with van der Waals surface area (Å²) in [5, 5.41) is 8.74. The van der Waals surface area contributed by atoms with E-state index in [1.165, 1.54) is 4.90 Å². The lowest BCUT2D eigenvalue weighted by atomic mass is 10.1. The van der Waals surface area contributed by atoms with Crippen molar-refractivity contribution in [1.29, 1.82) is 0 Å². The summed E-state index contributed by atoms with van der Waals surface area (Å²) in [4.78, 5) is 49.7. The first-order valence-electron chi connectivity index (χ1n) is 7.40. The second-order valence-electron chi connectivity index (χ2n) is 5.27. The van der Waals surface area contributed by atoms with Gasteiger partial charge >= 0.3 is 5.97 Å². The molecule has 1 aromatic rings. The van der Waals surface area contributed by atoms with Crippen molar-refractivity contribution in [3.63, 3.8) is 0 Å². The van der Waals surface area contributed by atoms with E-state index in [0.717, 1.165) is 4.90 Å². The summed E-state index contributed by atoms with van der Waals surface area (Å²) in [7, 11) is 0. The third-order valence-corrected chi connectivity index (χ3v) is 3.61. The first-order chi connectivity index (χ1) is 11.0. The Bertz CT molecular complexity index is 621. The van der Waals surface area contributed by atoms with Crippen LogP contribution in [0.25, 0.3) is 0 Å². The number of carbonyl (C=O) groups is 4. The van der Waals surface area contributed by atoms with E-state index >= 15 is 0 Å². The molecule has 0 aliphatic carbocycles. The van der Waals surface area contributed by atoms with E-state index in [-0.39, 0.29) is 30.6 Å². The number of fused-ring (bicyclic) bond motifs is 1. The standard InChI is InChI=1S/C16H18N2O5/c1-2-8-17(9-7-14(20)21)13(19)10-18-15(22)11-5-3-4-6-12(11)16(18)23/h3-6H,2,7-10H2,1H3,(H,20,21). The average Bonchev–Trinajstić information content (AvgIpc) is 2.76. The summed E-state index contributed by atoms with van der Waals surface area (Å²) >= 11 is 0. The van der Waals surface area contributed by atoms with Crippen LogP contribution < -0.4 is 0 Å². The molecule has 1 aliphatic heterocycles. The molecule has 0 spiro atoms. The van der Waals surface area contributed by atoms with Crippen LogP contribution >= 0.6 is 0 Å². The fraction of sp³-hybridized carbons (Fsp3) is 0.375. The Morgan fingerprint density at radius 3 is 2.13 bits per heavy atom. The van der Waals surface area contributed by atoms with Gasteiger partial charge in [-0.2, -0.15) is 0 Å². The molecule has 23 heavy (non-hydrogen) atoms. The van der Waals surface area contributed by atoms with Crippen molar-refractivity contribution in [2.75, 3.05) is 19.6 Å². The largest absolute Gasteiger partial charge is 0.481 e. The summed E-state index contributed by atoms with van der Waals surface area (Å²) in [6, 6.07) is 6.42. The third-order valence-electron chi connectivity index (χ3n) is 3.61. The van der Waals surface area contributed by atoms with E-state index in [1.807, 2.05) is 6.92 Å². The maximum atomic E-state index is 12.3. The van der Waals surface area contributed by atoms with Gasteiger partial charge in [0.1, 0.15) is 6.54 Å². The number of carboxylic acid groups (broad SMARTS) is 1. The van der Waals surface area contributed by atoms with Crippen LogP contribution in [0.5, 0.6) is 0 Å². The second kappa shape index (κ2) is 7.04. The number of hydrogen-bond acceptors (Lipinski definition) is 4. The van der Waals surface area contributed by atoms with Crippen LogP contribution in [-0.2, 0) is 9.59 Å². The van der Waals surface area contributed by atoms with Crippen LogP contribution in [0.1, 0.15) is 40.5 Å². The Hall–Kier alpha value is -2.70. The number of imide groups is 1. The third kappa shape index (κ3) is 3.56. The number of hydrogen-bond donors (Lipinski definition) is 1. The molecule has 1 N–H and O–H groups in total. The zero-order chi connectivity index (χ0) is 17.0. The number of rotatable bonds is 7.